The van der Waals surface area contributed by atoms with Crippen LogP contribution in [0.25, 0.3) is 0 Å². The van der Waals surface area contributed by atoms with Crippen LogP contribution in [0.5, 0.6) is 0 Å². The van der Waals surface area contributed by atoms with Crippen LogP contribution in [0.15, 0.2) is 30.3 Å². The summed E-state index contributed by atoms with van der Waals surface area (Å²) in [5.41, 5.74) is 8.69. The minimum absolute atomic E-state index is 0.256. The number of nitrogens with two attached hydrogens (primary N) is 1. The van der Waals surface area contributed by atoms with E-state index in [1.54, 1.807) is 0 Å². The predicted molar refractivity (Wildman–Crippen MR) is 90.2 cm³/mol. The molecule has 0 heterocycles. The molecule has 2 aliphatic rings. The van der Waals surface area contributed by atoms with Gasteiger partial charge >= 0.3 is 0 Å². The molecule has 2 N–H and O–H groups in total. The summed E-state index contributed by atoms with van der Waals surface area (Å²) in [4.78, 5) is 0. The Balaban J connectivity index is 1.84. The van der Waals surface area contributed by atoms with Gasteiger partial charge in [-0.1, -0.05) is 63.4 Å². The minimum Gasteiger partial charge on any atom is -0.327 e. The van der Waals surface area contributed by atoms with Gasteiger partial charge in [-0.25, -0.2) is 0 Å². The molecular weight excluding hydrogens is 254 g/mol. The number of hydrogen-bond acceptors (Lipinski definition) is 1. The standard InChI is InChI=1S/C20H31N/c1-15-10-11-17(14-16(15)2)19(21)20(12-6-7-13-20)18-8-4-3-5-9-18/h3-5,8-9,15-17,19H,6-7,10-14,21H2,1-2H3. The van der Waals surface area contributed by atoms with Crippen LogP contribution in [0, 0.1) is 17.8 Å². The maximum Gasteiger partial charge on any atom is 0.0165 e. The summed E-state index contributed by atoms with van der Waals surface area (Å²) in [5.74, 6) is 2.43. The smallest absolute Gasteiger partial charge is 0.0165 e. The fourth-order valence-corrected chi connectivity index (χ4v) is 4.96. The zero-order valence-electron chi connectivity index (χ0n) is 13.7. The van der Waals surface area contributed by atoms with Crippen molar-refractivity contribution in [3.05, 3.63) is 35.9 Å². The largest absolute Gasteiger partial charge is 0.327 e. The van der Waals surface area contributed by atoms with Crippen LogP contribution < -0.4 is 5.73 Å². The van der Waals surface area contributed by atoms with Crippen molar-refractivity contribution < 1.29 is 0 Å². The Morgan fingerprint density at radius 3 is 2.29 bits per heavy atom. The summed E-state index contributed by atoms with van der Waals surface area (Å²) in [5, 5.41) is 0. The fourth-order valence-electron chi connectivity index (χ4n) is 4.96. The van der Waals surface area contributed by atoms with Gasteiger partial charge in [0.25, 0.3) is 0 Å². The third-order valence-corrected chi connectivity index (χ3v) is 6.63. The van der Waals surface area contributed by atoms with Gasteiger partial charge in [-0.2, -0.15) is 0 Å². The molecule has 1 nitrogen and oxygen atoms in total. The molecule has 21 heavy (non-hydrogen) atoms. The summed E-state index contributed by atoms with van der Waals surface area (Å²) in [6.07, 6.45) is 9.31. The van der Waals surface area contributed by atoms with Gasteiger partial charge in [0.2, 0.25) is 0 Å². The average Bonchev–Trinajstić information content (AvgIpc) is 3.01. The van der Waals surface area contributed by atoms with Crippen LogP contribution >= 0.6 is 0 Å². The highest BCUT2D eigenvalue weighted by Crippen LogP contribution is 2.48. The van der Waals surface area contributed by atoms with E-state index in [0.717, 1.165) is 17.8 Å². The Morgan fingerprint density at radius 2 is 1.67 bits per heavy atom. The van der Waals surface area contributed by atoms with Crippen LogP contribution in [0.2, 0.25) is 0 Å². The molecule has 0 spiro atoms. The van der Waals surface area contributed by atoms with E-state index < -0.39 is 0 Å². The minimum atomic E-state index is 0.256. The van der Waals surface area contributed by atoms with Crippen LogP contribution in [0.3, 0.4) is 0 Å². The molecule has 0 aliphatic heterocycles. The third kappa shape index (κ3) is 2.77. The molecule has 1 aromatic carbocycles. The molecule has 0 bridgehead atoms. The quantitative estimate of drug-likeness (QED) is 0.840. The molecule has 1 heteroatoms. The predicted octanol–water partition coefficient (Wildman–Crippen LogP) is 4.90. The molecule has 0 aromatic heterocycles. The lowest BCUT2D eigenvalue weighted by Crippen LogP contribution is -2.50. The molecular formula is C20H31N. The molecule has 0 radical (unpaired) electrons. The maximum absolute atomic E-state index is 6.93. The monoisotopic (exact) mass is 285 g/mol. The van der Waals surface area contributed by atoms with E-state index in [1.165, 1.54) is 50.5 Å². The SMILES string of the molecule is CC1CCC(C(N)C2(c3ccccc3)CCCC2)CC1C. The Bertz CT molecular complexity index is 446. The number of hydrogen-bond donors (Lipinski definition) is 1. The lowest BCUT2D eigenvalue weighted by molar-refractivity contribution is 0.146. The average molecular weight is 285 g/mol. The van der Waals surface area contributed by atoms with Crippen molar-refractivity contribution in [3.63, 3.8) is 0 Å². The van der Waals surface area contributed by atoms with Gasteiger partial charge in [-0.15, -0.1) is 0 Å². The normalized spacial score (nSPS) is 33.8. The van der Waals surface area contributed by atoms with Crippen LogP contribution in [-0.4, -0.2) is 6.04 Å². The van der Waals surface area contributed by atoms with Crippen molar-refractivity contribution in [3.8, 4) is 0 Å². The fraction of sp³-hybridized carbons (Fsp3) is 0.700. The maximum atomic E-state index is 6.93. The second kappa shape index (κ2) is 6.12. The molecule has 0 amide bonds. The summed E-state index contributed by atoms with van der Waals surface area (Å²) < 4.78 is 0. The van der Waals surface area contributed by atoms with E-state index in [1.807, 2.05) is 0 Å². The molecule has 2 aliphatic carbocycles. The molecule has 4 unspecified atom stereocenters. The van der Waals surface area contributed by atoms with Gasteiger partial charge in [-0.3, -0.25) is 0 Å². The highest BCUT2D eigenvalue weighted by molar-refractivity contribution is 5.29. The van der Waals surface area contributed by atoms with Crippen molar-refractivity contribution in [2.75, 3.05) is 0 Å². The molecule has 1 aromatic rings. The van der Waals surface area contributed by atoms with Crippen molar-refractivity contribution >= 4 is 0 Å². The van der Waals surface area contributed by atoms with E-state index in [0.29, 0.717) is 6.04 Å². The summed E-state index contributed by atoms with van der Waals surface area (Å²) >= 11 is 0. The van der Waals surface area contributed by atoms with Crippen LogP contribution in [-0.2, 0) is 5.41 Å². The van der Waals surface area contributed by atoms with E-state index >= 15 is 0 Å². The van der Waals surface area contributed by atoms with Gasteiger partial charge < -0.3 is 5.73 Å². The molecule has 116 valence electrons. The summed E-state index contributed by atoms with van der Waals surface area (Å²) in [7, 11) is 0. The topological polar surface area (TPSA) is 26.0 Å². The summed E-state index contributed by atoms with van der Waals surface area (Å²) in [6, 6.07) is 11.5. The molecule has 3 rings (SSSR count). The zero-order valence-corrected chi connectivity index (χ0v) is 13.7. The van der Waals surface area contributed by atoms with Gasteiger partial charge in [-0.05, 0) is 49.0 Å². The Labute approximate surface area is 130 Å². The van der Waals surface area contributed by atoms with Gasteiger partial charge in [0, 0.05) is 11.5 Å². The first kappa shape index (κ1) is 15.1. The lowest BCUT2D eigenvalue weighted by Gasteiger charge is -2.44. The van der Waals surface area contributed by atoms with Crippen LogP contribution in [0.4, 0.5) is 0 Å². The number of rotatable bonds is 3. The third-order valence-electron chi connectivity index (χ3n) is 6.63. The van der Waals surface area contributed by atoms with Gasteiger partial charge in [0.15, 0.2) is 0 Å². The van der Waals surface area contributed by atoms with Gasteiger partial charge in [0.05, 0.1) is 0 Å². The van der Waals surface area contributed by atoms with E-state index in [4.69, 9.17) is 5.73 Å². The molecule has 2 saturated carbocycles. The second-order valence-electron chi connectivity index (χ2n) is 7.78. The number of benzene rings is 1. The lowest BCUT2D eigenvalue weighted by atomic mass is 9.63. The zero-order chi connectivity index (χ0) is 14.9. The van der Waals surface area contributed by atoms with Gasteiger partial charge in [0.1, 0.15) is 0 Å². The van der Waals surface area contributed by atoms with Crippen molar-refractivity contribution in [2.45, 2.75) is 70.3 Å². The van der Waals surface area contributed by atoms with E-state index in [2.05, 4.69) is 44.2 Å². The molecule has 4 atom stereocenters. The summed E-state index contributed by atoms with van der Waals surface area (Å²) in [6.45, 7) is 4.84. The van der Waals surface area contributed by atoms with Crippen molar-refractivity contribution in [1.82, 2.24) is 0 Å². The van der Waals surface area contributed by atoms with Crippen molar-refractivity contribution in [1.29, 1.82) is 0 Å². The molecule has 2 fully saturated rings. The highest BCUT2D eigenvalue weighted by Gasteiger charge is 2.45. The Hall–Kier alpha value is -0.820. The van der Waals surface area contributed by atoms with Crippen molar-refractivity contribution in [2.24, 2.45) is 23.5 Å². The van der Waals surface area contributed by atoms with Crippen LogP contribution in [0.1, 0.15) is 64.4 Å². The molecule has 0 saturated heterocycles. The first-order valence-corrected chi connectivity index (χ1v) is 8.94. The highest BCUT2D eigenvalue weighted by atomic mass is 14.7. The second-order valence-corrected chi connectivity index (χ2v) is 7.78. The van der Waals surface area contributed by atoms with E-state index in [9.17, 15) is 0 Å². The first-order valence-electron chi connectivity index (χ1n) is 8.94. The first-order chi connectivity index (χ1) is 10.1. The van der Waals surface area contributed by atoms with E-state index in [-0.39, 0.29) is 5.41 Å². The Morgan fingerprint density at radius 1 is 1.00 bits per heavy atom. The Kier molecular flexibility index (Phi) is 4.40.